The van der Waals surface area contributed by atoms with E-state index in [1.54, 1.807) is 38.1 Å². The van der Waals surface area contributed by atoms with Crippen molar-refractivity contribution in [3.05, 3.63) is 63.2 Å². The number of anilines is 1. The predicted octanol–water partition coefficient (Wildman–Crippen LogP) is 3.72. The quantitative estimate of drug-likeness (QED) is 0.405. The second-order valence-electron chi connectivity index (χ2n) is 5.42. The van der Waals surface area contributed by atoms with Crippen LogP contribution in [0, 0.1) is 10.1 Å². The van der Waals surface area contributed by atoms with Gasteiger partial charge in [0.05, 0.1) is 16.8 Å². The number of nitrogens with one attached hydrogen (secondary N) is 1. The zero-order valence-electron chi connectivity index (χ0n) is 14.8. The fraction of sp³-hybridized carbons (Fsp3) is 0.235. The first-order valence-corrected chi connectivity index (χ1v) is 9.95. The monoisotopic (exact) mass is 410 g/mol. The Morgan fingerprint density at radius 1 is 1.22 bits per heavy atom. The molecule has 0 aliphatic carbocycles. The molecule has 0 radical (unpaired) electrons. The van der Waals surface area contributed by atoms with Gasteiger partial charge in [0.2, 0.25) is 10.0 Å². The summed E-state index contributed by atoms with van der Waals surface area (Å²) in [7, 11) is -3.92. The molecule has 27 heavy (non-hydrogen) atoms. The molecule has 1 N–H and O–H groups in total. The first-order valence-electron chi connectivity index (χ1n) is 8.13. The van der Waals surface area contributed by atoms with Gasteiger partial charge in [0, 0.05) is 35.8 Å². The lowest BCUT2D eigenvalue weighted by Crippen LogP contribution is -2.31. The van der Waals surface area contributed by atoms with Crippen LogP contribution in [-0.2, 0) is 10.0 Å². The molecule has 0 fully saturated rings. The first kappa shape index (κ1) is 20.8. The van der Waals surface area contributed by atoms with Crippen LogP contribution in [0.25, 0.3) is 0 Å². The van der Waals surface area contributed by atoms with Crippen molar-refractivity contribution in [1.29, 1.82) is 0 Å². The van der Waals surface area contributed by atoms with E-state index >= 15 is 0 Å². The van der Waals surface area contributed by atoms with Gasteiger partial charge in [-0.2, -0.15) is 9.41 Å². The van der Waals surface area contributed by atoms with Gasteiger partial charge in [0.15, 0.2) is 0 Å². The molecule has 2 aromatic rings. The summed E-state index contributed by atoms with van der Waals surface area (Å²) < 4.78 is 27.0. The zero-order valence-corrected chi connectivity index (χ0v) is 16.4. The van der Waals surface area contributed by atoms with Gasteiger partial charge in [-0.1, -0.05) is 43.6 Å². The predicted molar refractivity (Wildman–Crippen MR) is 106 cm³/mol. The number of non-ortho nitro benzene ring substituents is 1. The van der Waals surface area contributed by atoms with Gasteiger partial charge in [-0.3, -0.25) is 15.5 Å². The number of benzene rings is 2. The number of nitro benzene ring substituents is 1. The molecule has 8 nitrogen and oxygen atoms in total. The van der Waals surface area contributed by atoms with Gasteiger partial charge in [0.1, 0.15) is 4.90 Å². The van der Waals surface area contributed by atoms with Crippen molar-refractivity contribution in [1.82, 2.24) is 4.31 Å². The maximum atomic E-state index is 12.9. The van der Waals surface area contributed by atoms with Crippen molar-refractivity contribution in [3.63, 3.8) is 0 Å². The molecule has 0 amide bonds. The summed E-state index contributed by atoms with van der Waals surface area (Å²) in [6.45, 7) is 3.87. The SMILES string of the molecule is CCN(CC)S(=O)(=O)c1cc([N+](=O)[O-])ccc1N/N=C/c1ccccc1Cl. The van der Waals surface area contributed by atoms with Crippen LogP contribution in [0.4, 0.5) is 11.4 Å². The van der Waals surface area contributed by atoms with Gasteiger partial charge in [-0.25, -0.2) is 8.42 Å². The van der Waals surface area contributed by atoms with Gasteiger partial charge >= 0.3 is 0 Å². The highest BCUT2D eigenvalue weighted by molar-refractivity contribution is 7.89. The number of nitrogens with zero attached hydrogens (tertiary/aromatic N) is 3. The van der Waals surface area contributed by atoms with Gasteiger partial charge in [-0.05, 0) is 12.1 Å². The van der Waals surface area contributed by atoms with Crippen LogP contribution in [0.5, 0.6) is 0 Å². The minimum absolute atomic E-state index is 0.135. The normalized spacial score (nSPS) is 11.9. The van der Waals surface area contributed by atoms with E-state index in [2.05, 4.69) is 10.5 Å². The van der Waals surface area contributed by atoms with E-state index in [9.17, 15) is 18.5 Å². The van der Waals surface area contributed by atoms with Crippen molar-refractivity contribution in [2.45, 2.75) is 18.7 Å². The van der Waals surface area contributed by atoms with Crippen LogP contribution in [0.1, 0.15) is 19.4 Å². The highest BCUT2D eigenvalue weighted by Crippen LogP contribution is 2.29. The summed E-state index contributed by atoms with van der Waals surface area (Å²) in [6.07, 6.45) is 1.44. The summed E-state index contributed by atoms with van der Waals surface area (Å²) in [6, 6.07) is 10.6. The fourth-order valence-corrected chi connectivity index (χ4v) is 4.19. The third kappa shape index (κ3) is 4.82. The molecule has 0 spiro atoms. The Morgan fingerprint density at radius 3 is 2.48 bits per heavy atom. The molecule has 10 heteroatoms. The van der Waals surface area contributed by atoms with E-state index in [0.717, 1.165) is 6.07 Å². The number of nitro groups is 1. The highest BCUT2D eigenvalue weighted by atomic mass is 35.5. The van der Waals surface area contributed by atoms with E-state index in [1.807, 2.05) is 0 Å². The average molecular weight is 411 g/mol. The molecule has 0 unspecified atom stereocenters. The topological polar surface area (TPSA) is 105 Å². The van der Waals surface area contributed by atoms with E-state index in [0.29, 0.717) is 10.6 Å². The summed E-state index contributed by atoms with van der Waals surface area (Å²) in [4.78, 5) is 10.2. The molecule has 2 aromatic carbocycles. The summed E-state index contributed by atoms with van der Waals surface area (Å²) >= 11 is 6.05. The smallest absolute Gasteiger partial charge is 0.270 e. The molecule has 144 valence electrons. The van der Waals surface area contributed by atoms with Gasteiger partial charge in [-0.15, -0.1) is 0 Å². The maximum Gasteiger partial charge on any atom is 0.270 e. The molecule has 2 rings (SSSR count). The van der Waals surface area contributed by atoms with Crippen LogP contribution in [0.15, 0.2) is 52.5 Å². The van der Waals surface area contributed by atoms with Crippen molar-refractivity contribution in [3.8, 4) is 0 Å². The van der Waals surface area contributed by atoms with E-state index in [1.165, 1.54) is 22.7 Å². The first-order chi connectivity index (χ1) is 12.8. The fourth-order valence-electron chi connectivity index (χ4n) is 2.38. The second kappa shape index (κ2) is 8.94. The Kier molecular flexibility index (Phi) is 6.89. The van der Waals surface area contributed by atoms with E-state index < -0.39 is 14.9 Å². The molecule has 0 saturated heterocycles. The highest BCUT2D eigenvalue weighted by Gasteiger charge is 2.27. The molecular weight excluding hydrogens is 392 g/mol. The van der Waals surface area contributed by atoms with Crippen LogP contribution < -0.4 is 5.43 Å². The molecule has 0 heterocycles. The number of hydrogen-bond donors (Lipinski definition) is 1. The van der Waals surface area contributed by atoms with Gasteiger partial charge < -0.3 is 0 Å². The molecule has 0 aliphatic rings. The summed E-state index contributed by atoms with van der Waals surface area (Å²) in [5, 5.41) is 15.6. The van der Waals surface area contributed by atoms with Crippen molar-refractivity contribution < 1.29 is 13.3 Å². The van der Waals surface area contributed by atoms with Crippen LogP contribution in [-0.4, -0.2) is 37.0 Å². The molecule has 0 saturated carbocycles. The number of rotatable bonds is 8. The second-order valence-corrected chi connectivity index (χ2v) is 7.73. The average Bonchev–Trinajstić information content (AvgIpc) is 2.64. The number of halogens is 1. The molecule has 0 atom stereocenters. The standard InChI is InChI=1S/C17H19ClN4O4S/c1-3-21(4-2)27(25,26)17-11-14(22(23)24)9-10-16(17)20-19-12-13-7-5-6-8-15(13)18/h5-12,20H,3-4H2,1-2H3/b19-12+. The molecule has 0 aliphatic heterocycles. The summed E-state index contributed by atoms with van der Waals surface area (Å²) in [5.41, 5.74) is 3.10. The molecule has 0 bridgehead atoms. The van der Waals surface area contributed by atoms with Crippen LogP contribution in [0.2, 0.25) is 5.02 Å². The van der Waals surface area contributed by atoms with E-state index in [-0.39, 0.29) is 29.4 Å². The Morgan fingerprint density at radius 2 is 1.89 bits per heavy atom. The zero-order chi connectivity index (χ0) is 20.0. The molecule has 0 aromatic heterocycles. The molecular formula is C17H19ClN4O4S. The Bertz CT molecular complexity index is 959. The Hall–Kier alpha value is -2.49. The lowest BCUT2D eigenvalue weighted by molar-refractivity contribution is -0.385. The minimum Gasteiger partial charge on any atom is -0.277 e. The largest absolute Gasteiger partial charge is 0.277 e. The van der Waals surface area contributed by atoms with Gasteiger partial charge in [0.25, 0.3) is 5.69 Å². The lowest BCUT2D eigenvalue weighted by Gasteiger charge is -2.20. The van der Waals surface area contributed by atoms with E-state index in [4.69, 9.17) is 11.6 Å². The number of hydrogen-bond acceptors (Lipinski definition) is 6. The van der Waals surface area contributed by atoms with Crippen molar-refractivity contribution in [2.24, 2.45) is 5.10 Å². The van der Waals surface area contributed by atoms with Crippen molar-refractivity contribution in [2.75, 3.05) is 18.5 Å². The number of sulfonamides is 1. The Labute approximate surface area is 162 Å². The third-order valence-corrected chi connectivity index (χ3v) is 6.23. The third-order valence-electron chi connectivity index (χ3n) is 3.79. The van der Waals surface area contributed by atoms with Crippen LogP contribution >= 0.6 is 11.6 Å². The van der Waals surface area contributed by atoms with Crippen molar-refractivity contribution >= 4 is 39.2 Å². The minimum atomic E-state index is -3.92. The maximum absolute atomic E-state index is 12.9. The lowest BCUT2D eigenvalue weighted by atomic mass is 10.2. The summed E-state index contributed by atoms with van der Waals surface area (Å²) in [5.74, 6) is 0. The Balaban J connectivity index is 2.44. The number of hydrazone groups is 1. The van der Waals surface area contributed by atoms with Crippen LogP contribution in [0.3, 0.4) is 0 Å².